The van der Waals surface area contributed by atoms with Gasteiger partial charge in [-0.05, 0) is 7.05 Å². The standard InChI is InChI=1S/C5H12.C3H10N3.K/c1-3-5-4-2;1-3(4)6-5-2;/h3-5H2,1-2H3;3,5H,4H2,1-2H3;/q;-1;+1. The quantitative estimate of drug-likeness (QED) is 0.451. The van der Waals surface area contributed by atoms with E-state index in [9.17, 15) is 0 Å². The molecular weight excluding hydrogens is 177 g/mol. The fraction of sp³-hybridized carbons (Fsp3) is 1.00. The van der Waals surface area contributed by atoms with Gasteiger partial charge in [-0.3, -0.25) is 0 Å². The summed E-state index contributed by atoms with van der Waals surface area (Å²) in [5.74, 6) is 0. The van der Waals surface area contributed by atoms with Gasteiger partial charge in [0.2, 0.25) is 0 Å². The number of rotatable bonds is 4. The van der Waals surface area contributed by atoms with Gasteiger partial charge in [0.05, 0.1) is 0 Å². The molecular formula is C8H22KN3. The van der Waals surface area contributed by atoms with Crippen LogP contribution in [-0.2, 0) is 0 Å². The summed E-state index contributed by atoms with van der Waals surface area (Å²) < 4.78 is 0. The maximum atomic E-state index is 5.17. The summed E-state index contributed by atoms with van der Waals surface area (Å²) in [5.41, 5.74) is 11.4. The van der Waals surface area contributed by atoms with Crippen LogP contribution < -0.4 is 62.5 Å². The first-order chi connectivity index (χ1) is 5.18. The summed E-state index contributed by atoms with van der Waals surface area (Å²) in [4.78, 5) is 0. The Balaban J connectivity index is -0.000000126. The molecule has 0 saturated carbocycles. The van der Waals surface area contributed by atoms with E-state index in [1.54, 1.807) is 14.0 Å². The van der Waals surface area contributed by atoms with E-state index in [-0.39, 0.29) is 57.6 Å². The molecule has 0 aliphatic carbocycles. The van der Waals surface area contributed by atoms with Gasteiger partial charge in [0, 0.05) is 0 Å². The van der Waals surface area contributed by atoms with Gasteiger partial charge in [-0.2, -0.15) is 0 Å². The fourth-order valence-corrected chi connectivity index (χ4v) is 0.557. The molecule has 0 amide bonds. The molecule has 0 spiro atoms. The molecule has 0 aliphatic heterocycles. The van der Waals surface area contributed by atoms with Crippen molar-refractivity contribution >= 4 is 0 Å². The predicted molar refractivity (Wildman–Crippen MR) is 51.3 cm³/mol. The van der Waals surface area contributed by atoms with E-state index in [0.717, 1.165) is 0 Å². The van der Waals surface area contributed by atoms with E-state index < -0.39 is 0 Å². The van der Waals surface area contributed by atoms with Crippen LogP contribution in [0.15, 0.2) is 0 Å². The summed E-state index contributed by atoms with van der Waals surface area (Å²) in [6.45, 7) is 6.23. The molecule has 0 heterocycles. The molecule has 12 heavy (non-hydrogen) atoms. The van der Waals surface area contributed by atoms with Crippen molar-refractivity contribution in [2.24, 2.45) is 5.73 Å². The molecule has 0 aromatic heterocycles. The van der Waals surface area contributed by atoms with Crippen LogP contribution >= 0.6 is 0 Å². The molecule has 3 N–H and O–H groups in total. The minimum atomic E-state index is -0.0880. The third kappa shape index (κ3) is 30.0. The summed E-state index contributed by atoms with van der Waals surface area (Å²) >= 11 is 0. The van der Waals surface area contributed by atoms with E-state index >= 15 is 0 Å². The second kappa shape index (κ2) is 18.3. The Morgan fingerprint density at radius 3 is 1.75 bits per heavy atom. The van der Waals surface area contributed by atoms with E-state index in [2.05, 4.69) is 24.7 Å². The van der Waals surface area contributed by atoms with Crippen molar-refractivity contribution in [3.63, 3.8) is 0 Å². The first-order valence-corrected chi connectivity index (χ1v) is 4.31. The molecule has 0 aromatic carbocycles. The molecule has 1 unspecified atom stereocenters. The molecule has 0 saturated heterocycles. The average molecular weight is 199 g/mol. The van der Waals surface area contributed by atoms with Crippen molar-refractivity contribution in [3.8, 4) is 0 Å². The predicted octanol–water partition coefficient (Wildman–Crippen LogP) is -1.00. The van der Waals surface area contributed by atoms with Gasteiger partial charge in [0.1, 0.15) is 0 Å². The van der Waals surface area contributed by atoms with Crippen molar-refractivity contribution in [2.75, 3.05) is 7.05 Å². The molecule has 0 aromatic rings. The minimum absolute atomic E-state index is 0. The molecule has 0 bridgehead atoms. The zero-order chi connectivity index (χ0) is 9.11. The number of nitrogens with one attached hydrogen (secondary N) is 1. The van der Waals surface area contributed by atoms with Gasteiger partial charge in [0.15, 0.2) is 0 Å². The molecule has 0 aliphatic rings. The Morgan fingerprint density at radius 2 is 1.75 bits per heavy atom. The SMILES string of the molecule is CCCCC.CN[N-]C(C)N.[K+]. The summed E-state index contributed by atoms with van der Waals surface area (Å²) in [6, 6.07) is 0. The topological polar surface area (TPSA) is 52.2 Å². The second-order valence-electron chi connectivity index (χ2n) is 2.45. The van der Waals surface area contributed by atoms with Crippen LogP contribution in [0.2, 0.25) is 0 Å². The van der Waals surface area contributed by atoms with Gasteiger partial charge >= 0.3 is 51.4 Å². The van der Waals surface area contributed by atoms with E-state index in [1.165, 1.54) is 19.3 Å². The summed E-state index contributed by atoms with van der Waals surface area (Å²) in [5, 5.41) is 0. The zero-order valence-electron chi connectivity index (χ0n) is 9.22. The number of hydrogen-bond donors (Lipinski definition) is 2. The molecule has 0 rings (SSSR count). The summed E-state index contributed by atoms with van der Waals surface area (Å²) in [7, 11) is 1.73. The van der Waals surface area contributed by atoms with Crippen LogP contribution in [-0.4, -0.2) is 13.2 Å². The van der Waals surface area contributed by atoms with E-state index in [0.29, 0.717) is 0 Å². The number of hydrogen-bond acceptors (Lipinski definition) is 2. The Morgan fingerprint density at radius 1 is 1.33 bits per heavy atom. The number of nitrogens with two attached hydrogens (primary N) is 1. The zero-order valence-corrected chi connectivity index (χ0v) is 12.3. The maximum Gasteiger partial charge on any atom is 1.00 e. The molecule has 70 valence electrons. The molecule has 3 nitrogen and oxygen atoms in total. The van der Waals surface area contributed by atoms with E-state index in [1.807, 2.05) is 0 Å². The van der Waals surface area contributed by atoms with Gasteiger partial charge in [-0.1, -0.05) is 46.2 Å². The second-order valence-corrected chi connectivity index (χ2v) is 2.45. The average Bonchev–Trinajstić information content (AvgIpc) is 1.90. The maximum absolute atomic E-state index is 5.17. The first kappa shape index (κ1) is 19.1. The van der Waals surface area contributed by atoms with Crippen molar-refractivity contribution in [1.82, 2.24) is 5.43 Å². The Kier molecular flexibility index (Phi) is 29.2. The van der Waals surface area contributed by atoms with Crippen molar-refractivity contribution < 1.29 is 51.4 Å². The van der Waals surface area contributed by atoms with Crippen molar-refractivity contribution in [1.29, 1.82) is 0 Å². The van der Waals surface area contributed by atoms with E-state index in [4.69, 9.17) is 5.73 Å². The molecule has 1 atom stereocenters. The van der Waals surface area contributed by atoms with Gasteiger partial charge in [0.25, 0.3) is 0 Å². The van der Waals surface area contributed by atoms with Crippen LogP contribution in [0.25, 0.3) is 5.43 Å². The van der Waals surface area contributed by atoms with Crippen LogP contribution in [0.1, 0.15) is 40.0 Å². The van der Waals surface area contributed by atoms with Crippen LogP contribution in [0.5, 0.6) is 0 Å². The van der Waals surface area contributed by atoms with Crippen LogP contribution in [0.4, 0.5) is 0 Å². The third-order valence-electron chi connectivity index (χ3n) is 1.04. The Bertz CT molecular complexity index is 58.3. The normalized spacial score (nSPS) is 10.8. The monoisotopic (exact) mass is 199 g/mol. The smallest absolute Gasteiger partial charge is 0.583 e. The summed E-state index contributed by atoms with van der Waals surface area (Å²) in [6.07, 6.45) is 3.99. The van der Waals surface area contributed by atoms with Crippen LogP contribution in [0.3, 0.4) is 0 Å². The minimum Gasteiger partial charge on any atom is -0.583 e. The van der Waals surface area contributed by atoms with Gasteiger partial charge in [-0.15, -0.1) is 0 Å². The van der Waals surface area contributed by atoms with Gasteiger partial charge < -0.3 is 16.6 Å². The Hall–Kier alpha value is 1.52. The third-order valence-corrected chi connectivity index (χ3v) is 1.04. The number of nitrogens with zero attached hydrogens (tertiary/aromatic N) is 1. The fourth-order valence-electron chi connectivity index (χ4n) is 0.557. The van der Waals surface area contributed by atoms with Crippen LogP contribution in [0, 0.1) is 0 Å². The van der Waals surface area contributed by atoms with Gasteiger partial charge in [-0.25, -0.2) is 0 Å². The molecule has 0 fully saturated rings. The number of unbranched alkanes of at least 4 members (excludes halogenated alkanes) is 2. The first-order valence-electron chi connectivity index (χ1n) is 4.31. The molecule has 4 heteroatoms. The largest absolute Gasteiger partial charge is 1.00 e. The Labute approximate surface area is 120 Å². The molecule has 0 radical (unpaired) electrons. The van der Waals surface area contributed by atoms with Crippen molar-refractivity contribution in [3.05, 3.63) is 5.43 Å². The van der Waals surface area contributed by atoms with Crippen molar-refractivity contribution in [2.45, 2.75) is 46.2 Å².